The van der Waals surface area contributed by atoms with Crippen molar-refractivity contribution < 1.29 is 14.3 Å². The molecule has 5 N–H and O–H groups in total. The maximum Gasteiger partial charge on any atom is 0.241 e. The molecular weight excluding hydrogens is 270 g/mol. The highest BCUT2D eigenvalue weighted by Gasteiger charge is 2.15. The predicted octanol–water partition coefficient (Wildman–Crippen LogP) is 0.396. The van der Waals surface area contributed by atoms with Crippen LogP contribution in [0.2, 0.25) is 0 Å². The average molecular weight is 288 g/mol. The zero-order valence-electron chi connectivity index (χ0n) is 10.6. The van der Waals surface area contributed by atoms with Gasteiger partial charge in [-0.1, -0.05) is 12.1 Å². The van der Waals surface area contributed by atoms with Gasteiger partial charge in [-0.3, -0.25) is 9.59 Å². The van der Waals surface area contributed by atoms with E-state index < -0.39 is 17.9 Å². The molecule has 0 spiro atoms. The lowest BCUT2D eigenvalue weighted by Crippen LogP contribution is -2.38. The smallest absolute Gasteiger partial charge is 0.241 e. The molecule has 1 atom stereocenters. The van der Waals surface area contributed by atoms with E-state index in [0.29, 0.717) is 12.3 Å². The van der Waals surface area contributed by atoms with Gasteiger partial charge in [0.1, 0.15) is 0 Å². The number of nitrogens with one attached hydrogen (secondary N) is 1. The number of carbonyl (C=O) groups excluding carboxylic acids is 2. The fourth-order valence-corrected chi connectivity index (χ4v) is 1.40. The summed E-state index contributed by atoms with van der Waals surface area (Å²) in [5.74, 6) is -1.04. The number of anilines is 1. The van der Waals surface area contributed by atoms with Crippen LogP contribution in [0.1, 0.15) is 12.0 Å². The van der Waals surface area contributed by atoms with Crippen molar-refractivity contribution in [3.05, 3.63) is 29.8 Å². The molecule has 0 saturated carbocycles. The van der Waals surface area contributed by atoms with Crippen LogP contribution in [0, 0.1) is 0 Å². The number of halogens is 1. The molecule has 2 amide bonds. The number of ether oxygens (including phenoxy) is 1. The minimum atomic E-state index is -0.929. The monoisotopic (exact) mass is 287 g/mol. The van der Waals surface area contributed by atoms with Crippen LogP contribution in [0.15, 0.2) is 24.3 Å². The van der Waals surface area contributed by atoms with Gasteiger partial charge in [-0.25, -0.2) is 0 Å². The van der Waals surface area contributed by atoms with Crippen molar-refractivity contribution in [3.63, 3.8) is 0 Å². The Morgan fingerprint density at radius 2 is 1.89 bits per heavy atom. The molecule has 0 heterocycles. The number of carbonyl (C=O) groups is 2. The summed E-state index contributed by atoms with van der Waals surface area (Å²) in [6.07, 6.45) is -0.173. The van der Waals surface area contributed by atoms with Gasteiger partial charge < -0.3 is 21.5 Å². The molecule has 0 aliphatic heterocycles. The third-order valence-corrected chi connectivity index (χ3v) is 2.29. The van der Waals surface area contributed by atoms with E-state index in [1.807, 2.05) is 12.1 Å². The lowest BCUT2D eigenvalue weighted by molar-refractivity contribution is -0.123. The molecule has 7 heteroatoms. The summed E-state index contributed by atoms with van der Waals surface area (Å²) in [4.78, 5) is 22.2. The first kappa shape index (κ1) is 17.4. The molecule has 1 rings (SSSR count). The number of methoxy groups -OCH3 is 1. The Hall–Kier alpha value is -1.63. The summed E-state index contributed by atoms with van der Waals surface area (Å²) in [5.41, 5.74) is 12.1. The van der Waals surface area contributed by atoms with Crippen molar-refractivity contribution in [2.24, 2.45) is 11.5 Å². The Bertz CT molecular complexity index is 423. The van der Waals surface area contributed by atoms with Gasteiger partial charge in [0.25, 0.3) is 0 Å². The third kappa shape index (κ3) is 6.19. The second-order valence-electron chi connectivity index (χ2n) is 3.90. The van der Waals surface area contributed by atoms with Gasteiger partial charge in [-0.05, 0) is 17.7 Å². The van der Waals surface area contributed by atoms with Crippen molar-refractivity contribution >= 4 is 29.9 Å². The zero-order valence-corrected chi connectivity index (χ0v) is 11.4. The number of rotatable bonds is 6. The van der Waals surface area contributed by atoms with Crippen LogP contribution in [0.5, 0.6) is 0 Å². The second kappa shape index (κ2) is 8.47. The number of amides is 2. The third-order valence-electron chi connectivity index (χ3n) is 2.29. The van der Waals surface area contributed by atoms with E-state index in [0.717, 1.165) is 5.56 Å². The lowest BCUT2D eigenvalue weighted by atomic mass is 10.2. The highest BCUT2D eigenvalue weighted by Crippen LogP contribution is 2.10. The van der Waals surface area contributed by atoms with Gasteiger partial charge in [0.05, 0.1) is 19.1 Å². The maximum atomic E-state index is 11.6. The van der Waals surface area contributed by atoms with Gasteiger partial charge in [0, 0.05) is 12.8 Å². The standard InChI is InChI=1S/C12H17N3O3.ClH/c1-18-7-8-2-4-9(5-3-8)15-12(17)10(13)6-11(14)16;/h2-5,10H,6-7,13H2,1H3,(H2,14,16)(H,15,17);1H/t10-;/m1./s1. The molecule has 0 radical (unpaired) electrons. The zero-order chi connectivity index (χ0) is 13.5. The molecule has 0 bridgehead atoms. The second-order valence-corrected chi connectivity index (χ2v) is 3.90. The number of nitrogens with two attached hydrogens (primary N) is 2. The lowest BCUT2D eigenvalue weighted by Gasteiger charge is -2.10. The Labute approximate surface area is 117 Å². The largest absolute Gasteiger partial charge is 0.380 e. The molecule has 6 nitrogen and oxygen atoms in total. The van der Waals surface area contributed by atoms with Crippen molar-refractivity contribution in [2.75, 3.05) is 12.4 Å². The van der Waals surface area contributed by atoms with Gasteiger partial charge in [0.2, 0.25) is 11.8 Å². The summed E-state index contributed by atoms with van der Waals surface area (Å²) < 4.78 is 4.97. The summed E-state index contributed by atoms with van der Waals surface area (Å²) in [6, 6.07) is 6.21. The molecule has 0 aromatic heterocycles. The minimum Gasteiger partial charge on any atom is -0.380 e. The van der Waals surface area contributed by atoms with E-state index in [-0.39, 0.29) is 18.8 Å². The number of benzene rings is 1. The highest BCUT2D eigenvalue weighted by molar-refractivity contribution is 5.97. The molecule has 0 unspecified atom stereocenters. The Kier molecular flexibility index (Phi) is 7.74. The maximum absolute atomic E-state index is 11.6. The number of hydrogen-bond donors (Lipinski definition) is 3. The highest BCUT2D eigenvalue weighted by atomic mass is 35.5. The van der Waals surface area contributed by atoms with Crippen molar-refractivity contribution in [1.29, 1.82) is 0 Å². The molecule has 1 aromatic carbocycles. The topological polar surface area (TPSA) is 107 Å². The molecule has 1 aromatic rings. The molecule has 0 saturated heterocycles. The molecule has 0 fully saturated rings. The van der Waals surface area contributed by atoms with Crippen LogP contribution in [-0.2, 0) is 20.9 Å². The van der Waals surface area contributed by atoms with Crippen molar-refractivity contribution in [3.8, 4) is 0 Å². The fourth-order valence-electron chi connectivity index (χ4n) is 1.40. The molecule has 0 aliphatic carbocycles. The van der Waals surface area contributed by atoms with Crippen LogP contribution in [-0.4, -0.2) is 25.0 Å². The first-order valence-electron chi connectivity index (χ1n) is 5.45. The van der Waals surface area contributed by atoms with Gasteiger partial charge in [0.15, 0.2) is 0 Å². The van der Waals surface area contributed by atoms with Crippen LogP contribution >= 0.6 is 12.4 Å². The average Bonchev–Trinajstić information content (AvgIpc) is 2.31. The summed E-state index contributed by atoms with van der Waals surface area (Å²) >= 11 is 0. The first-order chi connectivity index (χ1) is 8.52. The van der Waals surface area contributed by atoms with E-state index in [9.17, 15) is 9.59 Å². The normalized spacial score (nSPS) is 11.3. The Morgan fingerprint density at radius 3 is 2.37 bits per heavy atom. The molecule has 19 heavy (non-hydrogen) atoms. The number of primary amides is 1. The van der Waals surface area contributed by atoms with Crippen LogP contribution in [0.3, 0.4) is 0 Å². The van der Waals surface area contributed by atoms with Crippen LogP contribution in [0.4, 0.5) is 5.69 Å². The molecule has 0 aliphatic rings. The van der Waals surface area contributed by atoms with E-state index in [1.165, 1.54) is 0 Å². The molecule has 106 valence electrons. The number of hydrogen-bond acceptors (Lipinski definition) is 4. The van der Waals surface area contributed by atoms with E-state index in [2.05, 4.69) is 5.32 Å². The predicted molar refractivity (Wildman–Crippen MR) is 74.8 cm³/mol. The van der Waals surface area contributed by atoms with E-state index >= 15 is 0 Å². The minimum absolute atomic E-state index is 0. The summed E-state index contributed by atoms with van der Waals surface area (Å²) in [5, 5.41) is 2.60. The SMILES string of the molecule is COCc1ccc(NC(=O)[C@H](N)CC(N)=O)cc1.Cl. The van der Waals surface area contributed by atoms with Gasteiger partial charge in [-0.2, -0.15) is 0 Å². The quantitative estimate of drug-likeness (QED) is 0.703. The summed E-state index contributed by atoms with van der Waals surface area (Å²) in [7, 11) is 1.61. The fraction of sp³-hybridized carbons (Fsp3) is 0.333. The molecular formula is C12H18ClN3O3. The van der Waals surface area contributed by atoms with Crippen molar-refractivity contribution in [1.82, 2.24) is 0 Å². The first-order valence-corrected chi connectivity index (χ1v) is 5.45. The van der Waals surface area contributed by atoms with Gasteiger partial charge in [-0.15, -0.1) is 12.4 Å². The Morgan fingerprint density at radius 1 is 1.32 bits per heavy atom. The van der Waals surface area contributed by atoms with Crippen molar-refractivity contribution in [2.45, 2.75) is 19.1 Å². The summed E-state index contributed by atoms with van der Waals surface area (Å²) in [6.45, 7) is 0.509. The van der Waals surface area contributed by atoms with E-state index in [1.54, 1.807) is 19.2 Å². The van der Waals surface area contributed by atoms with Crippen LogP contribution in [0.25, 0.3) is 0 Å². The van der Waals surface area contributed by atoms with Gasteiger partial charge >= 0.3 is 0 Å². The van der Waals surface area contributed by atoms with Crippen LogP contribution < -0.4 is 16.8 Å². The van der Waals surface area contributed by atoms with E-state index in [4.69, 9.17) is 16.2 Å². The Balaban J connectivity index is 0.00000324.